The van der Waals surface area contributed by atoms with Crippen LogP contribution in [0.4, 0.5) is 0 Å². The summed E-state index contributed by atoms with van der Waals surface area (Å²) < 4.78 is 0. The molecule has 2 aliphatic carbocycles. The molecule has 1 aromatic carbocycles. The van der Waals surface area contributed by atoms with Gasteiger partial charge in [-0.05, 0) is 49.3 Å². The largest absolute Gasteiger partial charge is 0.313 e. The zero-order valence-corrected chi connectivity index (χ0v) is 13.2. The van der Waals surface area contributed by atoms with Gasteiger partial charge in [-0.1, -0.05) is 37.1 Å². The first-order chi connectivity index (χ1) is 8.40. The Morgan fingerprint density at radius 1 is 1.11 bits per heavy atom. The van der Waals surface area contributed by atoms with Crippen LogP contribution in [0.25, 0.3) is 0 Å². The van der Waals surface area contributed by atoms with Gasteiger partial charge in [-0.3, -0.25) is 0 Å². The van der Waals surface area contributed by atoms with E-state index in [9.17, 15) is 0 Å². The van der Waals surface area contributed by atoms with Crippen molar-refractivity contribution in [3.8, 4) is 0 Å². The molecule has 0 unspecified atom stereocenters. The summed E-state index contributed by atoms with van der Waals surface area (Å²) in [4.78, 5) is 0. The van der Waals surface area contributed by atoms with Crippen LogP contribution in [0.15, 0.2) is 24.3 Å². The van der Waals surface area contributed by atoms with E-state index in [1.165, 1.54) is 45.1 Å². The fourth-order valence-corrected chi connectivity index (χ4v) is 4.89. The highest BCUT2D eigenvalue weighted by Crippen LogP contribution is 2.53. The molecule has 1 nitrogen and oxygen atoms in total. The highest BCUT2D eigenvalue weighted by Gasteiger charge is 2.51. The maximum Gasteiger partial charge on any atom is 0.0144 e. The molecular weight excluding hydrogens is 333 g/mol. The second-order valence-corrected chi connectivity index (χ2v) is 6.18. The van der Waals surface area contributed by atoms with Gasteiger partial charge < -0.3 is 5.32 Å². The molecule has 2 bridgehead atoms. The van der Waals surface area contributed by atoms with Crippen LogP contribution in [-0.2, 0) is 11.8 Å². The Hall–Kier alpha value is -0.0900. The highest BCUT2D eigenvalue weighted by molar-refractivity contribution is 14.0. The number of hydrogen-bond donors (Lipinski definition) is 1. The molecule has 1 saturated carbocycles. The number of benzene rings is 1. The molecule has 0 radical (unpaired) electrons. The van der Waals surface area contributed by atoms with Crippen LogP contribution in [0, 0.1) is 5.92 Å². The van der Waals surface area contributed by atoms with E-state index in [1.54, 1.807) is 11.1 Å². The van der Waals surface area contributed by atoms with Crippen molar-refractivity contribution in [3.63, 3.8) is 0 Å². The van der Waals surface area contributed by atoms with Crippen molar-refractivity contribution in [2.45, 2.75) is 50.0 Å². The predicted octanol–water partition coefficient (Wildman–Crippen LogP) is 3.65. The number of fused-ring (bicyclic) bond motifs is 1. The number of rotatable bonds is 0. The molecule has 0 amide bonds. The van der Waals surface area contributed by atoms with Gasteiger partial charge in [-0.2, -0.15) is 0 Å². The van der Waals surface area contributed by atoms with E-state index in [4.69, 9.17) is 0 Å². The molecule has 2 fully saturated rings. The molecule has 2 heteroatoms. The van der Waals surface area contributed by atoms with E-state index in [-0.39, 0.29) is 24.0 Å². The molecule has 1 heterocycles. The molecule has 3 aliphatic rings. The molecule has 0 spiro atoms. The van der Waals surface area contributed by atoms with Crippen molar-refractivity contribution in [2.24, 2.45) is 5.92 Å². The molecule has 1 saturated heterocycles. The van der Waals surface area contributed by atoms with Gasteiger partial charge in [0.15, 0.2) is 0 Å². The summed E-state index contributed by atoms with van der Waals surface area (Å²) in [6.07, 6.45) is 8.41. The normalized spacial score (nSPS) is 37.1. The zero-order valence-electron chi connectivity index (χ0n) is 10.8. The average molecular weight is 355 g/mol. The van der Waals surface area contributed by atoms with Crippen molar-refractivity contribution in [3.05, 3.63) is 35.4 Å². The number of piperidine rings is 1. The van der Waals surface area contributed by atoms with Crippen LogP contribution in [0.2, 0.25) is 0 Å². The minimum absolute atomic E-state index is 0. The third kappa shape index (κ3) is 1.68. The SMILES string of the molecule is I.c1ccc2c(c1)C[C@H]1NCC[C@@]23CCCC[C@@H]13. The van der Waals surface area contributed by atoms with Gasteiger partial charge in [0.25, 0.3) is 0 Å². The summed E-state index contributed by atoms with van der Waals surface area (Å²) in [5.41, 5.74) is 3.88. The number of nitrogens with one attached hydrogen (secondary N) is 1. The Balaban J connectivity index is 0.000001000. The van der Waals surface area contributed by atoms with Crippen LogP contribution < -0.4 is 5.32 Å². The van der Waals surface area contributed by atoms with Crippen LogP contribution in [0.3, 0.4) is 0 Å². The third-order valence-electron chi connectivity index (χ3n) is 5.55. The van der Waals surface area contributed by atoms with Crippen LogP contribution in [-0.4, -0.2) is 12.6 Å². The minimum Gasteiger partial charge on any atom is -0.313 e. The summed E-state index contributed by atoms with van der Waals surface area (Å²) >= 11 is 0. The standard InChI is InChI=1S/C16H21N.HI/c1-2-6-13-12(5-1)11-15-14-7-3-4-8-16(13,14)9-10-17-15;/h1-2,5-6,14-15,17H,3-4,7-11H2;1H/t14-,15+,16-;/m0./s1. The summed E-state index contributed by atoms with van der Waals surface area (Å²) in [7, 11) is 0. The van der Waals surface area contributed by atoms with Gasteiger partial charge in [0.1, 0.15) is 0 Å². The topological polar surface area (TPSA) is 12.0 Å². The van der Waals surface area contributed by atoms with E-state index in [0.29, 0.717) is 5.41 Å². The Bertz CT molecular complexity index is 440. The van der Waals surface area contributed by atoms with E-state index in [2.05, 4.69) is 29.6 Å². The smallest absolute Gasteiger partial charge is 0.0144 e. The fourth-order valence-electron chi connectivity index (χ4n) is 4.89. The Labute approximate surface area is 127 Å². The predicted molar refractivity (Wildman–Crippen MR) is 85.6 cm³/mol. The van der Waals surface area contributed by atoms with Crippen molar-refractivity contribution >= 4 is 24.0 Å². The lowest BCUT2D eigenvalue weighted by Crippen LogP contribution is -2.59. The van der Waals surface area contributed by atoms with Gasteiger partial charge in [0, 0.05) is 11.5 Å². The average Bonchev–Trinajstić information content (AvgIpc) is 2.39. The van der Waals surface area contributed by atoms with Gasteiger partial charge in [-0.25, -0.2) is 0 Å². The summed E-state index contributed by atoms with van der Waals surface area (Å²) in [5, 5.41) is 3.79. The second kappa shape index (κ2) is 4.78. The Morgan fingerprint density at radius 2 is 2.00 bits per heavy atom. The molecular formula is C16H22IN. The quantitative estimate of drug-likeness (QED) is 0.701. The van der Waals surface area contributed by atoms with Crippen molar-refractivity contribution in [1.82, 2.24) is 5.32 Å². The lowest BCUT2D eigenvalue weighted by molar-refractivity contribution is 0.0798. The summed E-state index contributed by atoms with van der Waals surface area (Å²) in [5.74, 6) is 0.917. The molecule has 1 N–H and O–H groups in total. The fraction of sp³-hybridized carbons (Fsp3) is 0.625. The maximum atomic E-state index is 3.79. The van der Waals surface area contributed by atoms with Gasteiger partial charge in [0.05, 0.1) is 0 Å². The third-order valence-corrected chi connectivity index (χ3v) is 5.55. The van der Waals surface area contributed by atoms with Gasteiger partial charge in [-0.15, -0.1) is 24.0 Å². The van der Waals surface area contributed by atoms with Gasteiger partial charge in [0.2, 0.25) is 0 Å². The van der Waals surface area contributed by atoms with E-state index < -0.39 is 0 Å². The van der Waals surface area contributed by atoms with Crippen molar-refractivity contribution in [1.29, 1.82) is 0 Å². The van der Waals surface area contributed by atoms with Crippen LogP contribution >= 0.6 is 24.0 Å². The molecule has 0 aromatic heterocycles. The molecule has 3 atom stereocenters. The van der Waals surface area contributed by atoms with Crippen molar-refractivity contribution in [2.75, 3.05) is 6.54 Å². The lowest BCUT2D eigenvalue weighted by Gasteiger charge is -2.56. The minimum atomic E-state index is 0. The number of halogens is 1. The first-order valence-electron chi connectivity index (χ1n) is 7.22. The number of hydrogen-bond acceptors (Lipinski definition) is 1. The first kappa shape index (κ1) is 12.9. The van der Waals surface area contributed by atoms with E-state index >= 15 is 0 Å². The molecule has 1 aromatic rings. The van der Waals surface area contributed by atoms with Crippen LogP contribution in [0.5, 0.6) is 0 Å². The molecule has 1 aliphatic heterocycles. The van der Waals surface area contributed by atoms with Gasteiger partial charge >= 0.3 is 0 Å². The second-order valence-electron chi connectivity index (χ2n) is 6.18. The van der Waals surface area contributed by atoms with Crippen molar-refractivity contribution < 1.29 is 0 Å². The maximum absolute atomic E-state index is 3.79. The molecule has 4 rings (SSSR count). The molecule has 18 heavy (non-hydrogen) atoms. The first-order valence-corrected chi connectivity index (χ1v) is 7.22. The summed E-state index contributed by atoms with van der Waals surface area (Å²) in [6.45, 7) is 1.23. The lowest BCUT2D eigenvalue weighted by atomic mass is 9.53. The zero-order chi connectivity index (χ0) is 11.3. The van der Waals surface area contributed by atoms with Crippen LogP contribution in [0.1, 0.15) is 43.2 Å². The Morgan fingerprint density at radius 3 is 2.94 bits per heavy atom. The summed E-state index contributed by atoms with van der Waals surface area (Å²) in [6, 6.07) is 10.0. The molecule has 98 valence electrons. The van der Waals surface area contributed by atoms with E-state index in [0.717, 1.165) is 12.0 Å². The Kier molecular flexibility index (Phi) is 3.43. The van der Waals surface area contributed by atoms with E-state index in [1.807, 2.05) is 0 Å². The highest BCUT2D eigenvalue weighted by atomic mass is 127. The monoisotopic (exact) mass is 355 g/mol.